The number of ether oxygens (including phenoxy) is 1. The van der Waals surface area contributed by atoms with Crippen LogP contribution in [-0.4, -0.2) is 30.1 Å². The molecule has 4 nitrogen and oxygen atoms in total. The first-order valence-corrected chi connectivity index (χ1v) is 6.27. The van der Waals surface area contributed by atoms with Gasteiger partial charge in [-0.3, -0.25) is 4.79 Å². The van der Waals surface area contributed by atoms with E-state index in [0.29, 0.717) is 6.61 Å². The van der Waals surface area contributed by atoms with Gasteiger partial charge in [-0.05, 0) is 27.7 Å². The minimum atomic E-state index is -0.205. The Morgan fingerprint density at radius 2 is 2.31 bits per heavy atom. The first kappa shape index (κ1) is 13.0. The fourth-order valence-electron chi connectivity index (χ4n) is 1.29. The van der Waals surface area contributed by atoms with Crippen LogP contribution < -0.4 is 4.90 Å². The zero-order valence-electron chi connectivity index (χ0n) is 10.2. The summed E-state index contributed by atoms with van der Waals surface area (Å²) in [7, 11) is 0. The van der Waals surface area contributed by atoms with Gasteiger partial charge in [-0.1, -0.05) is 0 Å². The average Bonchev–Trinajstić information content (AvgIpc) is 2.61. The fraction of sp³-hybridized carbons (Fsp3) is 0.636. The Balaban J connectivity index is 2.72. The third kappa shape index (κ3) is 3.48. The summed E-state index contributed by atoms with van der Waals surface area (Å²) in [6.07, 6.45) is 0. The molecular weight excluding hydrogens is 224 g/mol. The molecule has 16 heavy (non-hydrogen) atoms. The molecule has 0 N–H and O–H groups in total. The van der Waals surface area contributed by atoms with E-state index in [4.69, 9.17) is 4.74 Å². The summed E-state index contributed by atoms with van der Waals surface area (Å²) in [4.78, 5) is 17.8. The van der Waals surface area contributed by atoms with Crippen molar-refractivity contribution in [3.05, 3.63) is 11.1 Å². The van der Waals surface area contributed by atoms with Gasteiger partial charge in [-0.2, -0.15) is 0 Å². The van der Waals surface area contributed by atoms with E-state index >= 15 is 0 Å². The van der Waals surface area contributed by atoms with Crippen LogP contribution in [0.15, 0.2) is 5.38 Å². The lowest BCUT2D eigenvalue weighted by atomic mass is 10.3. The van der Waals surface area contributed by atoms with Crippen molar-refractivity contribution in [3.63, 3.8) is 0 Å². The number of carbonyl (C=O) groups excluding carboxylic acids is 1. The van der Waals surface area contributed by atoms with Crippen LogP contribution in [0, 0.1) is 6.92 Å². The van der Waals surface area contributed by atoms with Gasteiger partial charge in [0.25, 0.3) is 0 Å². The van der Waals surface area contributed by atoms with Gasteiger partial charge >= 0.3 is 5.97 Å². The Labute approximate surface area is 100 Å². The van der Waals surface area contributed by atoms with Gasteiger partial charge in [0.05, 0.1) is 12.3 Å². The second kappa shape index (κ2) is 5.84. The first-order valence-electron chi connectivity index (χ1n) is 5.39. The van der Waals surface area contributed by atoms with Gasteiger partial charge in [0.15, 0.2) is 5.13 Å². The Morgan fingerprint density at radius 1 is 1.62 bits per heavy atom. The van der Waals surface area contributed by atoms with Crippen molar-refractivity contribution in [3.8, 4) is 0 Å². The van der Waals surface area contributed by atoms with Crippen LogP contribution in [0.2, 0.25) is 0 Å². The number of hydrogen-bond acceptors (Lipinski definition) is 5. The second-order valence-corrected chi connectivity index (χ2v) is 4.63. The van der Waals surface area contributed by atoms with Crippen molar-refractivity contribution in [1.82, 2.24) is 4.98 Å². The SMILES string of the molecule is CCOC(=O)CN(c1nc(C)cs1)C(C)C. The van der Waals surface area contributed by atoms with Crippen LogP contribution in [0.3, 0.4) is 0 Å². The minimum absolute atomic E-state index is 0.205. The van der Waals surface area contributed by atoms with Crippen LogP contribution in [0.5, 0.6) is 0 Å². The van der Waals surface area contributed by atoms with Crippen LogP contribution in [-0.2, 0) is 9.53 Å². The van der Waals surface area contributed by atoms with Crippen molar-refractivity contribution in [1.29, 1.82) is 0 Å². The van der Waals surface area contributed by atoms with Crippen molar-refractivity contribution in [2.45, 2.75) is 33.7 Å². The molecule has 5 heteroatoms. The summed E-state index contributed by atoms with van der Waals surface area (Å²) < 4.78 is 4.95. The van der Waals surface area contributed by atoms with E-state index in [1.54, 1.807) is 11.3 Å². The van der Waals surface area contributed by atoms with E-state index in [2.05, 4.69) is 4.98 Å². The molecule has 0 aliphatic carbocycles. The summed E-state index contributed by atoms with van der Waals surface area (Å²) in [5, 5.41) is 2.86. The number of carbonyl (C=O) groups is 1. The maximum absolute atomic E-state index is 11.5. The summed E-state index contributed by atoms with van der Waals surface area (Å²) in [6, 6.07) is 0.231. The number of rotatable bonds is 5. The lowest BCUT2D eigenvalue weighted by molar-refractivity contribution is -0.141. The highest BCUT2D eigenvalue weighted by Gasteiger charge is 2.17. The number of esters is 1. The lowest BCUT2D eigenvalue weighted by Gasteiger charge is -2.24. The Morgan fingerprint density at radius 3 is 2.75 bits per heavy atom. The smallest absolute Gasteiger partial charge is 0.325 e. The molecule has 0 amide bonds. The monoisotopic (exact) mass is 242 g/mol. The molecule has 0 aromatic carbocycles. The number of aryl methyl sites for hydroxylation is 1. The third-order valence-electron chi connectivity index (χ3n) is 2.08. The molecule has 0 radical (unpaired) electrons. The highest BCUT2D eigenvalue weighted by Crippen LogP contribution is 2.21. The van der Waals surface area contributed by atoms with Crippen molar-refractivity contribution in [2.75, 3.05) is 18.1 Å². The molecule has 0 spiro atoms. The molecular formula is C11H18N2O2S. The standard InChI is InChI=1S/C11H18N2O2S/c1-5-15-10(14)6-13(8(2)3)11-12-9(4)7-16-11/h7-8H,5-6H2,1-4H3. The van der Waals surface area contributed by atoms with Crippen LogP contribution in [0.25, 0.3) is 0 Å². The average molecular weight is 242 g/mol. The molecule has 1 aromatic rings. The molecule has 0 aliphatic heterocycles. The maximum Gasteiger partial charge on any atom is 0.325 e. The van der Waals surface area contributed by atoms with Gasteiger partial charge in [0, 0.05) is 11.4 Å². The third-order valence-corrected chi connectivity index (χ3v) is 3.08. The second-order valence-electron chi connectivity index (χ2n) is 3.80. The van der Waals surface area contributed by atoms with Crippen LogP contribution >= 0.6 is 11.3 Å². The number of anilines is 1. The van der Waals surface area contributed by atoms with Crippen molar-refractivity contribution >= 4 is 22.4 Å². The molecule has 1 heterocycles. The summed E-state index contributed by atoms with van der Waals surface area (Å²) >= 11 is 1.55. The van der Waals surface area contributed by atoms with Gasteiger partial charge in [0.1, 0.15) is 6.54 Å². The van der Waals surface area contributed by atoms with E-state index in [9.17, 15) is 4.79 Å². The van der Waals surface area contributed by atoms with Gasteiger partial charge in [-0.15, -0.1) is 11.3 Å². The lowest BCUT2D eigenvalue weighted by Crippen LogP contribution is -2.36. The topological polar surface area (TPSA) is 42.4 Å². The molecule has 0 aliphatic rings. The number of aromatic nitrogens is 1. The van der Waals surface area contributed by atoms with E-state index < -0.39 is 0 Å². The molecule has 0 atom stereocenters. The van der Waals surface area contributed by atoms with Gasteiger partial charge in [0.2, 0.25) is 0 Å². The van der Waals surface area contributed by atoms with E-state index in [1.807, 2.05) is 38.0 Å². The zero-order chi connectivity index (χ0) is 12.1. The number of nitrogens with zero attached hydrogens (tertiary/aromatic N) is 2. The fourth-order valence-corrected chi connectivity index (χ4v) is 2.23. The highest BCUT2D eigenvalue weighted by atomic mass is 32.1. The van der Waals surface area contributed by atoms with Crippen molar-refractivity contribution in [2.24, 2.45) is 0 Å². The molecule has 1 rings (SSSR count). The summed E-state index contributed by atoms with van der Waals surface area (Å²) in [5.41, 5.74) is 0.981. The predicted octanol–water partition coefficient (Wildman–Crippen LogP) is 2.23. The van der Waals surface area contributed by atoms with Crippen molar-refractivity contribution < 1.29 is 9.53 Å². The van der Waals surface area contributed by atoms with E-state index in [0.717, 1.165) is 10.8 Å². The number of hydrogen-bond donors (Lipinski definition) is 0. The Kier molecular flexibility index (Phi) is 4.73. The zero-order valence-corrected chi connectivity index (χ0v) is 11.0. The molecule has 0 fully saturated rings. The number of thiazole rings is 1. The minimum Gasteiger partial charge on any atom is -0.465 e. The normalized spacial score (nSPS) is 10.6. The van der Waals surface area contributed by atoms with Crippen LogP contribution in [0.1, 0.15) is 26.5 Å². The molecule has 1 aromatic heterocycles. The molecule has 0 saturated carbocycles. The molecule has 0 unspecified atom stereocenters. The Bertz CT molecular complexity index is 350. The molecule has 0 bridgehead atoms. The van der Waals surface area contributed by atoms with Gasteiger partial charge in [-0.25, -0.2) is 4.98 Å². The molecule has 90 valence electrons. The van der Waals surface area contributed by atoms with Gasteiger partial charge < -0.3 is 9.64 Å². The molecule has 0 saturated heterocycles. The summed E-state index contributed by atoms with van der Waals surface area (Å²) in [6.45, 7) is 8.51. The maximum atomic E-state index is 11.5. The quantitative estimate of drug-likeness (QED) is 0.743. The first-order chi connectivity index (χ1) is 7.54. The van der Waals surface area contributed by atoms with E-state index in [1.165, 1.54) is 0 Å². The van der Waals surface area contributed by atoms with E-state index in [-0.39, 0.29) is 18.6 Å². The summed E-state index contributed by atoms with van der Waals surface area (Å²) in [5.74, 6) is -0.205. The van der Waals surface area contributed by atoms with Crippen LogP contribution in [0.4, 0.5) is 5.13 Å². The highest BCUT2D eigenvalue weighted by molar-refractivity contribution is 7.13. The largest absolute Gasteiger partial charge is 0.465 e. The predicted molar refractivity (Wildman–Crippen MR) is 66.0 cm³/mol. The Hall–Kier alpha value is -1.10.